The van der Waals surface area contributed by atoms with Crippen LogP contribution in [0.3, 0.4) is 0 Å². The van der Waals surface area contributed by atoms with Crippen molar-refractivity contribution >= 4 is 6.03 Å². The molecule has 0 saturated heterocycles. The molecular formula is C5H7N3O2. The summed E-state index contributed by atoms with van der Waals surface area (Å²) >= 11 is 0. The fraction of sp³-hybridized carbons (Fsp3) is 0.200. The lowest BCUT2D eigenvalue weighted by Crippen LogP contribution is -2.28. The molecule has 0 bridgehead atoms. The van der Waals surface area contributed by atoms with E-state index in [0.717, 1.165) is 0 Å². The number of carbonyl (C=O) groups is 1. The fourth-order valence-electron chi connectivity index (χ4n) is 0.503. The van der Waals surface area contributed by atoms with Gasteiger partial charge in [-0.2, -0.15) is 0 Å². The highest BCUT2D eigenvalue weighted by Crippen LogP contribution is 1.91. The topological polar surface area (TPSA) is 81.2 Å². The van der Waals surface area contributed by atoms with Gasteiger partial charge in [-0.3, -0.25) is 0 Å². The second-order valence-electron chi connectivity index (χ2n) is 1.70. The van der Waals surface area contributed by atoms with Crippen molar-refractivity contribution in [2.24, 2.45) is 5.73 Å². The Kier molecular flexibility index (Phi) is 1.89. The lowest BCUT2D eigenvalue weighted by atomic mass is 10.5. The number of amides is 2. The largest absolute Gasteiger partial charge is 0.451 e. The number of urea groups is 1. The number of nitrogens with two attached hydrogens (primary N) is 1. The zero-order chi connectivity index (χ0) is 7.40. The van der Waals surface area contributed by atoms with Gasteiger partial charge >= 0.3 is 6.03 Å². The van der Waals surface area contributed by atoms with Gasteiger partial charge in [0.05, 0.1) is 12.2 Å². The summed E-state index contributed by atoms with van der Waals surface area (Å²) in [5.74, 6) is 0. The van der Waals surface area contributed by atoms with E-state index in [2.05, 4.69) is 14.7 Å². The Morgan fingerprint density at radius 3 is 3.20 bits per heavy atom. The standard InChI is InChI=1S/C5H7N3O2/c6-5(9)7-1-4-2-10-3-8-4/h2-3H,1H2,(H3,6,7,9). The summed E-state index contributed by atoms with van der Waals surface area (Å²) in [4.78, 5) is 13.9. The minimum atomic E-state index is -0.567. The normalized spacial score (nSPS) is 9.20. The first-order valence-corrected chi connectivity index (χ1v) is 2.69. The Morgan fingerprint density at radius 2 is 2.70 bits per heavy atom. The predicted molar refractivity (Wildman–Crippen MR) is 32.9 cm³/mol. The number of carbonyl (C=O) groups excluding carboxylic acids is 1. The van der Waals surface area contributed by atoms with Crippen LogP contribution >= 0.6 is 0 Å². The zero-order valence-corrected chi connectivity index (χ0v) is 5.20. The average molecular weight is 141 g/mol. The minimum Gasteiger partial charge on any atom is -0.451 e. The van der Waals surface area contributed by atoms with Gasteiger partial charge in [-0.1, -0.05) is 0 Å². The van der Waals surface area contributed by atoms with E-state index in [1.165, 1.54) is 12.7 Å². The van der Waals surface area contributed by atoms with Crippen molar-refractivity contribution in [1.82, 2.24) is 10.3 Å². The summed E-state index contributed by atoms with van der Waals surface area (Å²) < 4.78 is 4.64. The van der Waals surface area contributed by atoms with Crippen LogP contribution in [-0.2, 0) is 6.54 Å². The number of aromatic nitrogens is 1. The first-order valence-electron chi connectivity index (χ1n) is 2.69. The molecule has 1 aromatic heterocycles. The number of hydrogen-bond donors (Lipinski definition) is 2. The Bertz CT molecular complexity index is 207. The Labute approximate surface area is 57.2 Å². The molecule has 5 nitrogen and oxygen atoms in total. The van der Waals surface area contributed by atoms with Crippen molar-refractivity contribution in [2.75, 3.05) is 0 Å². The maximum Gasteiger partial charge on any atom is 0.312 e. The Morgan fingerprint density at radius 1 is 1.90 bits per heavy atom. The van der Waals surface area contributed by atoms with Gasteiger partial charge in [0.25, 0.3) is 0 Å². The van der Waals surface area contributed by atoms with E-state index >= 15 is 0 Å². The molecule has 1 heterocycles. The molecule has 10 heavy (non-hydrogen) atoms. The second-order valence-corrected chi connectivity index (χ2v) is 1.70. The molecule has 0 spiro atoms. The van der Waals surface area contributed by atoms with Gasteiger partial charge in [-0.15, -0.1) is 0 Å². The quantitative estimate of drug-likeness (QED) is 0.600. The molecule has 0 aliphatic rings. The van der Waals surface area contributed by atoms with Crippen LogP contribution in [0.15, 0.2) is 17.1 Å². The van der Waals surface area contributed by atoms with Crippen LogP contribution in [0.2, 0.25) is 0 Å². The second kappa shape index (κ2) is 2.86. The molecule has 0 aromatic carbocycles. The number of hydrogen-bond acceptors (Lipinski definition) is 3. The molecule has 0 unspecified atom stereocenters. The predicted octanol–water partition coefficient (Wildman–Crippen LogP) is -0.157. The minimum absolute atomic E-state index is 0.311. The molecule has 5 heteroatoms. The van der Waals surface area contributed by atoms with Gasteiger partial charge in [-0.25, -0.2) is 9.78 Å². The number of nitrogens with one attached hydrogen (secondary N) is 1. The smallest absolute Gasteiger partial charge is 0.312 e. The lowest BCUT2D eigenvalue weighted by molar-refractivity contribution is 0.248. The SMILES string of the molecule is NC(=O)NCc1cocn1. The maximum absolute atomic E-state index is 10.1. The fourth-order valence-corrected chi connectivity index (χ4v) is 0.503. The maximum atomic E-state index is 10.1. The molecule has 3 N–H and O–H groups in total. The van der Waals surface area contributed by atoms with Crippen LogP contribution in [0, 0.1) is 0 Å². The summed E-state index contributed by atoms with van der Waals surface area (Å²) in [6, 6.07) is -0.567. The van der Waals surface area contributed by atoms with E-state index in [4.69, 9.17) is 5.73 Å². The highest BCUT2D eigenvalue weighted by atomic mass is 16.3. The molecule has 1 aromatic rings. The summed E-state index contributed by atoms with van der Waals surface area (Å²) in [5.41, 5.74) is 5.45. The molecule has 54 valence electrons. The van der Waals surface area contributed by atoms with Crippen LogP contribution in [0.4, 0.5) is 4.79 Å². The summed E-state index contributed by atoms with van der Waals surface area (Å²) in [6.45, 7) is 0.311. The summed E-state index contributed by atoms with van der Waals surface area (Å²) in [6.07, 6.45) is 2.73. The molecule has 2 amide bonds. The van der Waals surface area contributed by atoms with E-state index in [9.17, 15) is 4.79 Å². The van der Waals surface area contributed by atoms with E-state index in [1.807, 2.05) is 0 Å². The number of rotatable bonds is 2. The summed E-state index contributed by atoms with van der Waals surface area (Å²) in [5, 5.41) is 2.36. The van der Waals surface area contributed by atoms with Gasteiger partial charge in [0.15, 0.2) is 6.39 Å². The number of oxazole rings is 1. The Hall–Kier alpha value is -1.52. The lowest BCUT2D eigenvalue weighted by Gasteiger charge is -1.94. The molecule has 0 aliphatic heterocycles. The monoisotopic (exact) mass is 141 g/mol. The average Bonchev–Trinajstić information content (AvgIpc) is 2.34. The van der Waals surface area contributed by atoms with Crippen molar-refractivity contribution in [3.63, 3.8) is 0 Å². The van der Waals surface area contributed by atoms with Gasteiger partial charge < -0.3 is 15.5 Å². The van der Waals surface area contributed by atoms with E-state index in [0.29, 0.717) is 12.2 Å². The highest BCUT2D eigenvalue weighted by molar-refractivity contribution is 5.71. The number of primary amides is 1. The van der Waals surface area contributed by atoms with Crippen LogP contribution in [0.25, 0.3) is 0 Å². The van der Waals surface area contributed by atoms with Crippen molar-refractivity contribution < 1.29 is 9.21 Å². The van der Waals surface area contributed by atoms with E-state index in [1.54, 1.807) is 0 Å². The third-order valence-electron chi connectivity index (χ3n) is 0.927. The van der Waals surface area contributed by atoms with Crippen LogP contribution in [0.5, 0.6) is 0 Å². The molecule has 0 radical (unpaired) electrons. The van der Waals surface area contributed by atoms with Gasteiger partial charge in [-0.05, 0) is 0 Å². The van der Waals surface area contributed by atoms with E-state index < -0.39 is 6.03 Å². The highest BCUT2D eigenvalue weighted by Gasteiger charge is 1.95. The molecule has 0 atom stereocenters. The molecule has 0 aliphatic carbocycles. The van der Waals surface area contributed by atoms with Crippen molar-refractivity contribution in [3.8, 4) is 0 Å². The van der Waals surface area contributed by atoms with Crippen molar-refractivity contribution in [2.45, 2.75) is 6.54 Å². The zero-order valence-electron chi connectivity index (χ0n) is 5.20. The van der Waals surface area contributed by atoms with Gasteiger partial charge in [0.2, 0.25) is 0 Å². The molecule has 1 rings (SSSR count). The van der Waals surface area contributed by atoms with E-state index in [-0.39, 0.29) is 0 Å². The third-order valence-corrected chi connectivity index (χ3v) is 0.927. The van der Waals surface area contributed by atoms with Gasteiger partial charge in [0.1, 0.15) is 6.26 Å². The molecule has 0 fully saturated rings. The summed E-state index contributed by atoms with van der Waals surface area (Å²) in [7, 11) is 0. The Balaban J connectivity index is 2.35. The first-order chi connectivity index (χ1) is 4.79. The molecular weight excluding hydrogens is 134 g/mol. The van der Waals surface area contributed by atoms with Crippen LogP contribution in [0.1, 0.15) is 5.69 Å². The van der Waals surface area contributed by atoms with Crippen LogP contribution < -0.4 is 11.1 Å². The van der Waals surface area contributed by atoms with Crippen molar-refractivity contribution in [3.05, 3.63) is 18.4 Å². The van der Waals surface area contributed by atoms with Gasteiger partial charge in [0, 0.05) is 0 Å². The van der Waals surface area contributed by atoms with Crippen molar-refractivity contribution in [1.29, 1.82) is 0 Å². The molecule has 0 saturated carbocycles. The third kappa shape index (κ3) is 1.77. The number of nitrogens with zero attached hydrogens (tertiary/aromatic N) is 1. The first kappa shape index (κ1) is 6.60. The van der Waals surface area contributed by atoms with Crippen LogP contribution in [-0.4, -0.2) is 11.0 Å².